The van der Waals surface area contributed by atoms with Gasteiger partial charge in [-0.2, -0.15) is 13.7 Å². The van der Waals surface area contributed by atoms with Crippen molar-refractivity contribution < 1.29 is 12.7 Å². The number of hydrogen-bond donors (Lipinski definition) is 0. The second-order valence-corrected chi connectivity index (χ2v) is 5.17. The van der Waals surface area contributed by atoms with Crippen LogP contribution in [0, 0.1) is 18.3 Å². The number of nitrogens with zero attached hydrogens (tertiary/aromatic N) is 2. The Hall–Kier alpha value is -2.13. The van der Waals surface area contributed by atoms with Gasteiger partial charge in [0.2, 0.25) is 0 Å². The quantitative estimate of drug-likeness (QED) is 0.614. The number of oxime groups is 1. The van der Waals surface area contributed by atoms with Gasteiger partial charge in [-0.05, 0) is 18.6 Å². The molecule has 0 spiro atoms. The Kier molecular flexibility index (Phi) is 4.63. The number of allylic oxidation sites excluding steroid dienone is 1. The molecule has 0 aliphatic rings. The molecular formula is C12H12N2O3S. The summed E-state index contributed by atoms with van der Waals surface area (Å²) in [6.45, 7) is 1.97. The van der Waals surface area contributed by atoms with Gasteiger partial charge in [0, 0.05) is 0 Å². The van der Waals surface area contributed by atoms with E-state index in [2.05, 4.69) is 9.44 Å². The Morgan fingerprint density at radius 1 is 1.39 bits per heavy atom. The lowest BCUT2D eigenvalue weighted by molar-refractivity contribution is 0.344. The van der Waals surface area contributed by atoms with Crippen LogP contribution in [0.5, 0.6) is 0 Å². The van der Waals surface area contributed by atoms with Crippen molar-refractivity contribution in [1.82, 2.24) is 0 Å². The van der Waals surface area contributed by atoms with Gasteiger partial charge in [-0.25, -0.2) is 0 Å². The van der Waals surface area contributed by atoms with E-state index in [0.717, 1.165) is 17.4 Å². The molecule has 0 unspecified atom stereocenters. The molecule has 0 saturated heterocycles. The topological polar surface area (TPSA) is 79.5 Å². The normalized spacial score (nSPS) is 12.4. The zero-order valence-electron chi connectivity index (χ0n) is 9.99. The van der Waals surface area contributed by atoms with E-state index in [1.165, 1.54) is 6.08 Å². The molecule has 0 N–H and O–H groups in total. The number of nitriles is 1. The number of rotatable bonds is 4. The minimum atomic E-state index is -3.69. The number of hydrogen-bond acceptors (Lipinski definition) is 5. The third kappa shape index (κ3) is 5.27. The maximum Gasteiger partial charge on any atom is 0.325 e. The van der Waals surface area contributed by atoms with Crippen molar-refractivity contribution in [3.05, 3.63) is 41.5 Å². The molecule has 0 fully saturated rings. The lowest BCUT2D eigenvalue weighted by atomic mass is 10.1. The van der Waals surface area contributed by atoms with Crippen LogP contribution in [0.3, 0.4) is 0 Å². The van der Waals surface area contributed by atoms with E-state index in [9.17, 15) is 8.42 Å². The molecule has 0 radical (unpaired) electrons. The average molecular weight is 264 g/mol. The van der Waals surface area contributed by atoms with Gasteiger partial charge in [0.1, 0.15) is 6.07 Å². The molecule has 18 heavy (non-hydrogen) atoms. The Labute approximate surface area is 106 Å². The molecule has 5 nitrogen and oxygen atoms in total. The predicted octanol–water partition coefficient (Wildman–Crippen LogP) is 1.86. The van der Waals surface area contributed by atoms with Crippen LogP contribution < -0.4 is 0 Å². The predicted molar refractivity (Wildman–Crippen MR) is 69.2 cm³/mol. The summed E-state index contributed by atoms with van der Waals surface area (Å²) in [6.07, 6.45) is 3.89. The van der Waals surface area contributed by atoms with Crippen LogP contribution in [0.1, 0.15) is 11.1 Å². The van der Waals surface area contributed by atoms with Gasteiger partial charge < -0.3 is 0 Å². The Balaban J connectivity index is 2.81. The molecular weight excluding hydrogens is 252 g/mol. The molecule has 1 rings (SSSR count). The third-order valence-corrected chi connectivity index (χ3v) is 2.24. The smallest absolute Gasteiger partial charge is 0.267 e. The van der Waals surface area contributed by atoms with Gasteiger partial charge in [-0.3, -0.25) is 4.28 Å². The van der Waals surface area contributed by atoms with Gasteiger partial charge in [0.25, 0.3) is 0 Å². The fourth-order valence-electron chi connectivity index (χ4n) is 1.05. The van der Waals surface area contributed by atoms with Crippen LogP contribution in [0.15, 0.2) is 35.5 Å². The van der Waals surface area contributed by atoms with Gasteiger partial charge >= 0.3 is 10.1 Å². The highest BCUT2D eigenvalue weighted by Crippen LogP contribution is 2.05. The zero-order chi connectivity index (χ0) is 13.6. The first-order valence-electron chi connectivity index (χ1n) is 5.02. The SMILES string of the molecule is Cc1ccc(C=CC(C#N)=NOS(C)(=O)=O)cc1. The van der Waals surface area contributed by atoms with E-state index < -0.39 is 10.1 Å². The minimum Gasteiger partial charge on any atom is -0.267 e. The van der Waals surface area contributed by atoms with Gasteiger partial charge in [-0.1, -0.05) is 41.1 Å². The van der Waals surface area contributed by atoms with Crippen LogP contribution in [0.4, 0.5) is 0 Å². The summed E-state index contributed by atoms with van der Waals surface area (Å²) in [5, 5.41) is 12.0. The van der Waals surface area contributed by atoms with Gasteiger partial charge in [-0.15, -0.1) is 0 Å². The summed E-state index contributed by atoms with van der Waals surface area (Å²) < 4.78 is 25.6. The van der Waals surface area contributed by atoms with Crippen molar-refractivity contribution >= 4 is 21.9 Å². The summed E-state index contributed by atoms with van der Waals surface area (Å²) >= 11 is 0. The first-order valence-corrected chi connectivity index (χ1v) is 6.84. The largest absolute Gasteiger partial charge is 0.325 e. The number of aryl methyl sites for hydroxylation is 1. The Bertz CT molecular complexity index is 608. The van der Waals surface area contributed by atoms with Crippen LogP contribution >= 0.6 is 0 Å². The van der Waals surface area contributed by atoms with E-state index in [4.69, 9.17) is 5.26 Å². The molecule has 0 aliphatic carbocycles. The highest BCUT2D eigenvalue weighted by Gasteiger charge is 2.00. The van der Waals surface area contributed by atoms with E-state index in [0.29, 0.717) is 0 Å². The second-order valence-electron chi connectivity index (χ2n) is 3.61. The van der Waals surface area contributed by atoms with Crippen molar-refractivity contribution in [3.63, 3.8) is 0 Å². The summed E-state index contributed by atoms with van der Waals surface area (Å²) in [7, 11) is -3.69. The van der Waals surface area contributed by atoms with Crippen molar-refractivity contribution in [2.75, 3.05) is 6.26 Å². The molecule has 0 atom stereocenters. The second kappa shape index (κ2) is 5.98. The fourth-order valence-corrected chi connectivity index (χ4v) is 1.26. The lowest BCUT2D eigenvalue weighted by Crippen LogP contribution is -1.99. The maximum atomic E-state index is 10.7. The van der Waals surface area contributed by atoms with Gasteiger partial charge in [0.05, 0.1) is 6.26 Å². The first-order chi connectivity index (χ1) is 8.40. The molecule has 0 aliphatic heterocycles. The summed E-state index contributed by atoms with van der Waals surface area (Å²) in [5.41, 5.74) is 1.88. The molecule has 94 valence electrons. The monoisotopic (exact) mass is 264 g/mol. The van der Waals surface area contributed by atoms with E-state index in [1.54, 1.807) is 12.1 Å². The summed E-state index contributed by atoms with van der Waals surface area (Å²) in [4.78, 5) is 0. The molecule has 0 amide bonds. The maximum absolute atomic E-state index is 10.7. The van der Waals surface area contributed by atoms with Crippen molar-refractivity contribution in [3.8, 4) is 6.07 Å². The standard InChI is InChI=1S/C12H12N2O3S/c1-10-3-5-11(6-4-10)7-8-12(9-13)14-17-18(2,15)16/h3-8H,1-2H3. The molecule has 0 saturated carbocycles. The van der Waals surface area contributed by atoms with Crippen molar-refractivity contribution in [2.24, 2.45) is 5.16 Å². The molecule has 0 bridgehead atoms. The molecule has 0 heterocycles. The minimum absolute atomic E-state index is 0.124. The molecule has 1 aromatic carbocycles. The molecule has 0 aromatic heterocycles. The average Bonchev–Trinajstić information content (AvgIpc) is 2.30. The van der Waals surface area contributed by atoms with Crippen molar-refractivity contribution in [1.29, 1.82) is 5.26 Å². The van der Waals surface area contributed by atoms with Crippen LogP contribution in [0.25, 0.3) is 6.08 Å². The first kappa shape index (κ1) is 13.9. The highest BCUT2D eigenvalue weighted by atomic mass is 32.2. The lowest BCUT2D eigenvalue weighted by Gasteiger charge is -1.95. The Morgan fingerprint density at radius 2 is 2.00 bits per heavy atom. The van der Waals surface area contributed by atoms with Crippen LogP contribution in [-0.2, 0) is 14.4 Å². The van der Waals surface area contributed by atoms with E-state index >= 15 is 0 Å². The van der Waals surface area contributed by atoms with E-state index in [-0.39, 0.29) is 5.71 Å². The van der Waals surface area contributed by atoms with E-state index in [1.807, 2.05) is 31.2 Å². The molecule has 6 heteroatoms. The highest BCUT2D eigenvalue weighted by molar-refractivity contribution is 7.85. The zero-order valence-corrected chi connectivity index (χ0v) is 10.8. The third-order valence-electron chi connectivity index (χ3n) is 1.90. The Morgan fingerprint density at radius 3 is 2.50 bits per heavy atom. The van der Waals surface area contributed by atoms with Crippen LogP contribution in [0.2, 0.25) is 0 Å². The van der Waals surface area contributed by atoms with Crippen molar-refractivity contribution in [2.45, 2.75) is 6.92 Å². The fraction of sp³-hybridized carbons (Fsp3) is 0.167. The van der Waals surface area contributed by atoms with Crippen LogP contribution in [-0.4, -0.2) is 20.4 Å². The summed E-state index contributed by atoms with van der Waals surface area (Å²) in [6, 6.07) is 9.33. The molecule has 1 aromatic rings. The van der Waals surface area contributed by atoms with Gasteiger partial charge in [0.15, 0.2) is 5.71 Å². The summed E-state index contributed by atoms with van der Waals surface area (Å²) in [5.74, 6) is 0. The number of benzene rings is 1.